The number of carbonyl (C=O) groups excluding carboxylic acids is 1. The molecule has 0 aliphatic rings. The van der Waals surface area contributed by atoms with Gasteiger partial charge in [0.2, 0.25) is 5.91 Å². The number of aromatic nitrogens is 1. The highest BCUT2D eigenvalue weighted by atomic mass is 35.5. The Kier molecular flexibility index (Phi) is 5.52. The fourth-order valence-corrected chi connectivity index (χ4v) is 2.45. The van der Waals surface area contributed by atoms with Crippen molar-refractivity contribution in [1.82, 2.24) is 4.98 Å². The first-order valence-corrected chi connectivity index (χ1v) is 8.25. The number of nitrogens with zero attached hydrogens (tertiary/aromatic N) is 1. The maximum absolute atomic E-state index is 12.2. The fourth-order valence-electron chi connectivity index (χ4n) is 2.33. The van der Waals surface area contributed by atoms with Gasteiger partial charge in [-0.2, -0.15) is 0 Å². The molecule has 3 aromatic rings. The second-order valence-electron chi connectivity index (χ2n) is 5.46. The molecule has 1 aromatic heterocycles. The van der Waals surface area contributed by atoms with Crippen molar-refractivity contribution in [3.8, 4) is 23.8 Å². The number of amides is 1. The largest absolute Gasteiger partial charge is 0.456 e. The van der Waals surface area contributed by atoms with Crippen LogP contribution in [0.1, 0.15) is 11.1 Å². The Hall–Kier alpha value is -3.29. The molecule has 5 heteroatoms. The van der Waals surface area contributed by atoms with Crippen LogP contribution >= 0.6 is 11.6 Å². The number of halogens is 1. The van der Waals surface area contributed by atoms with Crippen LogP contribution in [-0.2, 0) is 11.2 Å². The zero-order chi connectivity index (χ0) is 18.4. The summed E-state index contributed by atoms with van der Waals surface area (Å²) >= 11 is 5.84. The molecule has 0 unspecified atom stereocenters. The Balaban J connectivity index is 1.61. The number of hydrogen-bond acceptors (Lipinski definition) is 3. The smallest absolute Gasteiger partial charge is 0.229 e. The average molecular weight is 363 g/mol. The maximum Gasteiger partial charge on any atom is 0.229 e. The summed E-state index contributed by atoms with van der Waals surface area (Å²) in [5.41, 5.74) is 1.51. The van der Waals surface area contributed by atoms with E-state index in [1.165, 1.54) is 0 Å². The number of pyridine rings is 1. The molecule has 1 heterocycles. The normalized spacial score (nSPS) is 10.0. The molecule has 1 N–H and O–H groups in total. The third-order valence-electron chi connectivity index (χ3n) is 3.58. The monoisotopic (exact) mass is 362 g/mol. The van der Waals surface area contributed by atoms with Gasteiger partial charge in [0.15, 0.2) is 0 Å². The lowest BCUT2D eigenvalue weighted by molar-refractivity contribution is -0.115. The Morgan fingerprint density at radius 1 is 1.08 bits per heavy atom. The number of rotatable bonds is 5. The van der Waals surface area contributed by atoms with Crippen molar-refractivity contribution in [2.45, 2.75) is 6.42 Å². The molecule has 0 fully saturated rings. The first-order valence-electron chi connectivity index (χ1n) is 7.88. The highest BCUT2D eigenvalue weighted by Crippen LogP contribution is 2.23. The number of nitrogens with one attached hydrogen (secondary N) is 1. The number of hydrogen-bond donors (Lipinski definition) is 1. The molecule has 0 aliphatic heterocycles. The summed E-state index contributed by atoms with van der Waals surface area (Å²) in [4.78, 5) is 16.4. The Morgan fingerprint density at radius 3 is 2.50 bits per heavy atom. The number of carbonyl (C=O) groups is 1. The lowest BCUT2D eigenvalue weighted by Crippen LogP contribution is -2.15. The standard InChI is InChI=1S/C21H15ClN2O2/c1-2-15-5-3-4-6-16(15)13-21(25)24-20-12-11-19(14-23-20)26-18-9-7-17(22)8-10-18/h1,3-12,14H,13H2,(H,23,24,25). The molecule has 2 aromatic carbocycles. The van der Waals surface area contributed by atoms with E-state index in [4.69, 9.17) is 22.8 Å². The van der Waals surface area contributed by atoms with Crippen LogP contribution in [0.5, 0.6) is 11.5 Å². The first kappa shape index (κ1) is 17.5. The van der Waals surface area contributed by atoms with Gasteiger partial charge in [-0.3, -0.25) is 4.79 Å². The van der Waals surface area contributed by atoms with Crippen LogP contribution in [0, 0.1) is 12.3 Å². The van der Waals surface area contributed by atoms with Crippen LogP contribution in [-0.4, -0.2) is 10.9 Å². The molecule has 128 valence electrons. The molecule has 0 aliphatic carbocycles. The van der Waals surface area contributed by atoms with Crippen LogP contribution in [0.4, 0.5) is 5.82 Å². The summed E-state index contributed by atoms with van der Waals surface area (Å²) in [5.74, 6) is 4.04. The number of ether oxygens (including phenoxy) is 1. The van der Waals surface area contributed by atoms with Gasteiger partial charge in [-0.1, -0.05) is 35.7 Å². The van der Waals surface area contributed by atoms with Crippen molar-refractivity contribution in [3.63, 3.8) is 0 Å². The predicted octanol–water partition coefficient (Wildman–Crippen LogP) is 4.69. The number of benzene rings is 2. The Morgan fingerprint density at radius 2 is 1.81 bits per heavy atom. The molecule has 0 bridgehead atoms. The fraction of sp³-hybridized carbons (Fsp3) is 0.0476. The molecule has 4 nitrogen and oxygen atoms in total. The van der Waals surface area contributed by atoms with Gasteiger partial charge in [-0.25, -0.2) is 4.98 Å². The highest BCUT2D eigenvalue weighted by Gasteiger charge is 2.08. The third kappa shape index (κ3) is 4.62. The van der Waals surface area contributed by atoms with Gasteiger partial charge in [-0.15, -0.1) is 6.42 Å². The molecule has 0 saturated carbocycles. The van der Waals surface area contributed by atoms with Crippen molar-refractivity contribution in [1.29, 1.82) is 0 Å². The van der Waals surface area contributed by atoms with Crippen LogP contribution in [0.25, 0.3) is 0 Å². The third-order valence-corrected chi connectivity index (χ3v) is 3.83. The SMILES string of the molecule is C#Cc1ccccc1CC(=O)Nc1ccc(Oc2ccc(Cl)cc2)cn1. The van der Waals surface area contributed by atoms with E-state index in [2.05, 4.69) is 16.2 Å². The summed E-state index contributed by atoms with van der Waals surface area (Å²) in [6.45, 7) is 0. The van der Waals surface area contributed by atoms with E-state index in [0.717, 1.165) is 5.56 Å². The minimum atomic E-state index is -0.188. The van der Waals surface area contributed by atoms with Crippen molar-refractivity contribution in [2.75, 3.05) is 5.32 Å². The molecule has 3 rings (SSSR count). The van der Waals surface area contributed by atoms with Crippen molar-refractivity contribution >= 4 is 23.3 Å². The van der Waals surface area contributed by atoms with Gasteiger partial charge >= 0.3 is 0 Å². The molecule has 0 spiro atoms. The van der Waals surface area contributed by atoms with E-state index in [-0.39, 0.29) is 12.3 Å². The van der Waals surface area contributed by atoms with Gasteiger partial charge in [0.25, 0.3) is 0 Å². The maximum atomic E-state index is 12.2. The van der Waals surface area contributed by atoms with E-state index in [1.807, 2.05) is 24.3 Å². The average Bonchev–Trinajstić information content (AvgIpc) is 2.65. The molecule has 0 saturated heterocycles. The van der Waals surface area contributed by atoms with Crippen molar-refractivity contribution in [3.05, 3.63) is 83.0 Å². The quantitative estimate of drug-likeness (QED) is 0.670. The van der Waals surface area contributed by atoms with Crippen molar-refractivity contribution in [2.24, 2.45) is 0 Å². The molecule has 26 heavy (non-hydrogen) atoms. The second kappa shape index (κ2) is 8.19. The molecule has 0 radical (unpaired) electrons. The van der Waals surface area contributed by atoms with Crippen LogP contribution in [0.2, 0.25) is 5.02 Å². The van der Waals surface area contributed by atoms with E-state index >= 15 is 0 Å². The lowest BCUT2D eigenvalue weighted by atomic mass is 10.1. The summed E-state index contributed by atoms with van der Waals surface area (Å²) < 4.78 is 5.66. The van der Waals surface area contributed by atoms with Crippen LogP contribution in [0.3, 0.4) is 0 Å². The zero-order valence-corrected chi connectivity index (χ0v) is 14.5. The van der Waals surface area contributed by atoms with Gasteiger partial charge in [0, 0.05) is 10.6 Å². The second-order valence-corrected chi connectivity index (χ2v) is 5.90. The Labute approximate surface area is 156 Å². The van der Waals surface area contributed by atoms with Gasteiger partial charge in [0.1, 0.15) is 17.3 Å². The lowest BCUT2D eigenvalue weighted by Gasteiger charge is -2.08. The van der Waals surface area contributed by atoms with Gasteiger partial charge in [-0.05, 0) is 48.0 Å². The molecular weight excluding hydrogens is 348 g/mol. The van der Waals surface area contributed by atoms with Gasteiger partial charge in [0.05, 0.1) is 12.6 Å². The molecule has 0 atom stereocenters. The van der Waals surface area contributed by atoms with E-state index in [1.54, 1.807) is 42.6 Å². The highest BCUT2D eigenvalue weighted by molar-refractivity contribution is 6.30. The van der Waals surface area contributed by atoms with E-state index in [0.29, 0.717) is 27.9 Å². The van der Waals surface area contributed by atoms with Crippen LogP contribution in [0.15, 0.2) is 66.9 Å². The van der Waals surface area contributed by atoms with Crippen LogP contribution < -0.4 is 10.1 Å². The van der Waals surface area contributed by atoms with Crippen molar-refractivity contribution < 1.29 is 9.53 Å². The van der Waals surface area contributed by atoms with E-state index in [9.17, 15) is 4.79 Å². The molecular formula is C21H15ClN2O2. The zero-order valence-electron chi connectivity index (χ0n) is 13.8. The number of anilines is 1. The Bertz CT molecular complexity index is 945. The molecule has 1 amide bonds. The minimum Gasteiger partial charge on any atom is -0.456 e. The first-order chi connectivity index (χ1) is 12.6. The minimum absolute atomic E-state index is 0.186. The van der Waals surface area contributed by atoms with E-state index < -0.39 is 0 Å². The number of terminal acetylenes is 1. The summed E-state index contributed by atoms with van der Waals surface area (Å²) in [7, 11) is 0. The summed E-state index contributed by atoms with van der Waals surface area (Å²) in [6.07, 6.45) is 7.18. The summed E-state index contributed by atoms with van der Waals surface area (Å²) in [6, 6.07) is 17.8. The van der Waals surface area contributed by atoms with Gasteiger partial charge < -0.3 is 10.1 Å². The predicted molar refractivity (Wildman–Crippen MR) is 102 cm³/mol. The summed E-state index contributed by atoms with van der Waals surface area (Å²) in [5, 5.41) is 3.39. The topological polar surface area (TPSA) is 51.2 Å².